The molecular weight excluding hydrogens is 252 g/mol. The SMILES string of the molecule is CCOc1n[nH]c(NC(=O)[C@H]2[C@@H](C(=O)O)C2(C)C)n1. The van der Waals surface area contributed by atoms with Crippen molar-refractivity contribution in [2.45, 2.75) is 20.8 Å². The molecule has 1 aromatic rings. The third-order valence-electron chi connectivity index (χ3n) is 3.36. The van der Waals surface area contributed by atoms with Gasteiger partial charge < -0.3 is 9.84 Å². The fourth-order valence-electron chi connectivity index (χ4n) is 2.28. The Balaban J connectivity index is 2.00. The standard InChI is InChI=1S/C11H16N4O4/c1-4-19-10-13-9(14-15-10)12-7(16)5-6(8(17)18)11(5,2)3/h5-6H,4H2,1-3H3,(H,17,18)(H2,12,13,14,15,16)/t5-,6+/m1/s1. The predicted octanol–water partition coefficient (Wildman–Crippen LogP) is 0.499. The third kappa shape index (κ3) is 2.38. The number of ether oxygens (including phenoxy) is 1. The molecule has 1 heterocycles. The number of aromatic nitrogens is 3. The number of amides is 1. The van der Waals surface area contributed by atoms with Crippen LogP contribution in [-0.4, -0.2) is 38.8 Å². The summed E-state index contributed by atoms with van der Waals surface area (Å²) in [6.45, 7) is 5.71. The quantitative estimate of drug-likeness (QED) is 0.715. The minimum atomic E-state index is -0.960. The topological polar surface area (TPSA) is 117 Å². The summed E-state index contributed by atoms with van der Waals surface area (Å²) in [4.78, 5) is 26.9. The van der Waals surface area contributed by atoms with E-state index in [-0.39, 0.29) is 17.9 Å². The number of nitrogens with zero attached hydrogens (tertiary/aromatic N) is 2. The van der Waals surface area contributed by atoms with E-state index in [2.05, 4.69) is 20.5 Å². The highest BCUT2D eigenvalue weighted by atomic mass is 16.5. The van der Waals surface area contributed by atoms with E-state index in [4.69, 9.17) is 9.84 Å². The van der Waals surface area contributed by atoms with Crippen molar-refractivity contribution in [3.63, 3.8) is 0 Å². The van der Waals surface area contributed by atoms with Gasteiger partial charge in [0.05, 0.1) is 18.4 Å². The summed E-state index contributed by atoms with van der Waals surface area (Å²) in [5.41, 5.74) is -0.543. The Labute approximate surface area is 109 Å². The van der Waals surface area contributed by atoms with Crippen LogP contribution in [0.15, 0.2) is 0 Å². The molecule has 0 radical (unpaired) electrons. The van der Waals surface area contributed by atoms with Crippen molar-refractivity contribution < 1.29 is 19.4 Å². The molecule has 0 bridgehead atoms. The van der Waals surface area contributed by atoms with Crippen molar-refractivity contribution in [2.24, 2.45) is 17.3 Å². The van der Waals surface area contributed by atoms with E-state index >= 15 is 0 Å². The molecule has 1 saturated carbocycles. The summed E-state index contributed by atoms with van der Waals surface area (Å²) in [6.07, 6.45) is 0. The smallest absolute Gasteiger partial charge is 0.337 e. The van der Waals surface area contributed by atoms with Gasteiger partial charge in [0.1, 0.15) is 0 Å². The minimum Gasteiger partial charge on any atom is -0.481 e. The number of aliphatic carboxylic acids is 1. The van der Waals surface area contributed by atoms with Crippen molar-refractivity contribution in [3.8, 4) is 6.01 Å². The van der Waals surface area contributed by atoms with E-state index in [0.717, 1.165) is 0 Å². The molecular formula is C11H16N4O4. The Kier molecular flexibility index (Phi) is 3.17. The summed E-state index contributed by atoms with van der Waals surface area (Å²) >= 11 is 0. The van der Waals surface area contributed by atoms with Gasteiger partial charge in [-0.05, 0) is 12.3 Å². The number of hydrogen-bond acceptors (Lipinski definition) is 5. The Morgan fingerprint density at radius 1 is 1.47 bits per heavy atom. The maximum Gasteiger partial charge on any atom is 0.337 e. The zero-order chi connectivity index (χ0) is 14.2. The second kappa shape index (κ2) is 4.52. The molecule has 1 aromatic heterocycles. The summed E-state index contributed by atoms with van der Waals surface area (Å²) in [5, 5.41) is 17.8. The molecule has 8 nitrogen and oxygen atoms in total. The van der Waals surface area contributed by atoms with Crippen LogP contribution >= 0.6 is 0 Å². The number of nitrogens with one attached hydrogen (secondary N) is 2. The summed E-state index contributed by atoms with van der Waals surface area (Å²) in [7, 11) is 0. The highest BCUT2D eigenvalue weighted by molar-refractivity contribution is 5.98. The van der Waals surface area contributed by atoms with Crippen LogP contribution in [0, 0.1) is 17.3 Å². The van der Waals surface area contributed by atoms with E-state index in [9.17, 15) is 9.59 Å². The Bertz CT molecular complexity index is 511. The molecule has 3 N–H and O–H groups in total. The number of carboxylic acids is 1. The first-order valence-corrected chi connectivity index (χ1v) is 5.96. The number of H-pyrrole nitrogens is 1. The lowest BCUT2D eigenvalue weighted by Crippen LogP contribution is -2.18. The van der Waals surface area contributed by atoms with Crippen LogP contribution in [0.25, 0.3) is 0 Å². The van der Waals surface area contributed by atoms with E-state index in [1.807, 2.05) is 0 Å². The van der Waals surface area contributed by atoms with Crippen molar-refractivity contribution in [2.75, 3.05) is 11.9 Å². The van der Waals surface area contributed by atoms with E-state index in [0.29, 0.717) is 6.61 Å². The molecule has 104 valence electrons. The van der Waals surface area contributed by atoms with Gasteiger partial charge in [0, 0.05) is 0 Å². The fourth-order valence-corrected chi connectivity index (χ4v) is 2.28. The number of aromatic amines is 1. The largest absolute Gasteiger partial charge is 0.481 e. The number of hydrogen-bond donors (Lipinski definition) is 3. The molecule has 8 heteroatoms. The van der Waals surface area contributed by atoms with Crippen LogP contribution < -0.4 is 10.1 Å². The molecule has 1 fully saturated rings. The second-order valence-corrected chi connectivity index (χ2v) is 5.00. The molecule has 0 spiro atoms. The number of carbonyl (C=O) groups is 2. The lowest BCUT2D eigenvalue weighted by Gasteiger charge is -2.01. The van der Waals surface area contributed by atoms with E-state index in [1.54, 1.807) is 20.8 Å². The van der Waals surface area contributed by atoms with Gasteiger partial charge in [-0.25, -0.2) is 5.10 Å². The van der Waals surface area contributed by atoms with Crippen molar-refractivity contribution in [3.05, 3.63) is 0 Å². The monoisotopic (exact) mass is 268 g/mol. The normalized spacial score (nSPS) is 23.7. The molecule has 0 aromatic carbocycles. The molecule has 2 atom stereocenters. The molecule has 1 aliphatic carbocycles. The second-order valence-electron chi connectivity index (χ2n) is 5.00. The van der Waals surface area contributed by atoms with Gasteiger partial charge in [0.15, 0.2) is 0 Å². The minimum absolute atomic E-state index is 0.141. The summed E-state index contributed by atoms with van der Waals surface area (Å²) in [5.74, 6) is -2.41. The number of rotatable bonds is 5. The average Bonchev–Trinajstić information content (AvgIpc) is 2.65. The molecule has 0 unspecified atom stereocenters. The Morgan fingerprint density at radius 3 is 2.68 bits per heavy atom. The van der Waals surface area contributed by atoms with Gasteiger partial charge in [0.2, 0.25) is 11.9 Å². The lowest BCUT2D eigenvalue weighted by molar-refractivity contribution is -0.140. The van der Waals surface area contributed by atoms with E-state index < -0.39 is 23.2 Å². The molecule has 1 aliphatic rings. The third-order valence-corrected chi connectivity index (χ3v) is 3.36. The van der Waals surface area contributed by atoms with Crippen molar-refractivity contribution in [1.82, 2.24) is 15.2 Å². The van der Waals surface area contributed by atoms with E-state index in [1.165, 1.54) is 0 Å². The zero-order valence-electron chi connectivity index (χ0n) is 10.9. The molecule has 1 amide bonds. The predicted molar refractivity (Wildman–Crippen MR) is 64.6 cm³/mol. The highest BCUT2D eigenvalue weighted by Crippen LogP contribution is 2.58. The first-order valence-electron chi connectivity index (χ1n) is 5.96. The number of carbonyl (C=O) groups excluding carboxylic acids is 1. The zero-order valence-corrected chi connectivity index (χ0v) is 10.9. The van der Waals surface area contributed by atoms with Gasteiger partial charge in [0.25, 0.3) is 0 Å². The van der Waals surface area contributed by atoms with Crippen molar-refractivity contribution in [1.29, 1.82) is 0 Å². The molecule has 0 saturated heterocycles. The average molecular weight is 268 g/mol. The van der Waals surface area contributed by atoms with Crippen LogP contribution in [0.1, 0.15) is 20.8 Å². The van der Waals surface area contributed by atoms with Crippen LogP contribution in [0.2, 0.25) is 0 Å². The maximum atomic E-state index is 12.0. The van der Waals surface area contributed by atoms with Crippen LogP contribution in [0.3, 0.4) is 0 Å². The first kappa shape index (κ1) is 13.3. The van der Waals surface area contributed by atoms with Crippen LogP contribution in [-0.2, 0) is 9.59 Å². The van der Waals surface area contributed by atoms with Crippen molar-refractivity contribution >= 4 is 17.8 Å². The van der Waals surface area contributed by atoms with Gasteiger partial charge in [-0.15, -0.1) is 5.10 Å². The number of carboxylic acid groups (broad SMARTS) is 1. The van der Waals surface area contributed by atoms with Crippen LogP contribution in [0.4, 0.5) is 5.95 Å². The Hall–Kier alpha value is -2.12. The van der Waals surface area contributed by atoms with Crippen LogP contribution in [0.5, 0.6) is 6.01 Å². The van der Waals surface area contributed by atoms with Gasteiger partial charge in [-0.3, -0.25) is 14.9 Å². The first-order chi connectivity index (χ1) is 8.87. The Morgan fingerprint density at radius 2 is 2.16 bits per heavy atom. The summed E-state index contributed by atoms with van der Waals surface area (Å²) < 4.78 is 5.05. The van der Waals surface area contributed by atoms with Gasteiger partial charge >= 0.3 is 12.0 Å². The molecule has 2 rings (SSSR count). The lowest BCUT2D eigenvalue weighted by atomic mass is 10.1. The van der Waals surface area contributed by atoms with Gasteiger partial charge in [-0.2, -0.15) is 4.98 Å². The van der Waals surface area contributed by atoms with Gasteiger partial charge in [-0.1, -0.05) is 13.8 Å². The maximum absolute atomic E-state index is 12.0. The molecule has 19 heavy (non-hydrogen) atoms. The number of anilines is 1. The highest BCUT2D eigenvalue weighted by Gasteiger charge is 2.66. The fraction of sp³-hybridized carbons (Fsp3) is 0.636. The molecule has 0 aliphatic heterocycles. The summed E-state index contributed by atoms with van der Waals surface area (Å²) in [6, 6.07) is 0.141.